The summed E-state index contributed by atoms with van der Waals surface area (Å²) >= 11 is 0. The maximum absolute atomic E-state index is 13.2. The molecule has 4 heterocycles. The van der Waals surface area contributed by atoms with Crippen molar-refractivity contribution in [3.05, 3.63) is 64.9 Å². The summed E-state index contributed by atoms with van der Waals surface area (Å²) in [6.07, 6.45) is -3.26. The molecule has 15 heteroatoms. The van der Waals surface area contributed by atoms with Crippen molar-refractivity contribution in [2.45, 2.75) is 39.8 Å². The van der Waals surface area contributed by atoms with Gasteiger partial charge in [0.2, 0.25) is 0 Å². The average molecular weight is 522 g/mol. The van der Waals surface area contributed by atoms with E-state index in [1.807, 2.05) is 0 Å². The molecule has 0 saturated carbocycles. The van der Waals surface area contributed by atoms with Crippen molar-refractivity contribution < 1.29 is 31.6 Å². The number of anilines is 2. The van der Waals surface area contributed by atoms with Gasteiger partial charge in [0.1, 0.15) is 22.8 Å². The highest BCUT2D eigenvalue weighted by Crippen LogP contribution is 2.26. The van der Waals surface area contributed by atoms with Crippen LogP contribution in [0.2, 0.25) is 0 Å². The second-order valence-corrected chi connectivity index (χ2v) is 7.92. The second-order valence-electron chi connectivity index (χ2n) is 7.92. The molecule has 0 aliphatic carbocycles. The molecule has 4 rings (SSSR count). The van der Waals surface area contributed by atoms with E-state index in [1.54, 1.807) is 25.6 Å². The first kappa shape index (κ1) is 25.7. The van der Waals surface area contributed by atoms with Crippen LogP contribution in [0.1, 0.15) is 63.7 Å². The third-order valence-corrected chi connectivity index (χ3v) is 5.55. The van der Waals surface area contributed by atoms with Gasteiger partial charge < -0.3 is 15.1 Å². The molecule has 4 aromatic heterocycles. The molecule has 4 aromatic rings. The van der Waals surface area contributed by atoms with Crippen LogP contribution < -0.4 is 10.6 Å². The van der Waals surface area contributed by atoms with Crippen LogP contribution in [0.5, 0.6) is 0 Å². The zero-order valence-electron chi connectivity index (χ0n) is 19.9. The van der Waals surface area contributed by atoms with Gasteiger partial charge in [0.15, 0.2) is 5.76 Å². The summed E-state index contributed by atoms with van der Waals surface area (Å²) in [6, 6.07) is 3.24. The van der Waals surface area contributed by atoms with E-state index < -0.39 is 42.6 Å². The van der Waals surface area contributed by atoms with E-state index >= 15 is 0 Å². The lowest BCUT2D eigenvalue weighted by atomic mass is 10.3. The Morgan fingerprint density at radius 3 is 2.32 bits per heavy atom. The molecule has 2 N–H and O–H groups in total. The fourth-order valence-electron chi connectivity index (χ4n) is 3.54. The molecule has 0 bridgehead atoms. The van der Waals surface area contributed by atoms with E-state index in [2.05, 4.69) is 25.9 Å². The predicted octanol–water partition coefficient (Wildman–Crippen LogP) is 4.16. The quantitative estimate of drug-likeness (QED) is 0.318. The standard InChI is InChI=1S/C22H22F4N8O3/c1-4-33-18(22(36)29-14-8-27-32(3)11(14)2)15(9-28-33)30-21(35)17-6-5-12(37-17)10-34-16(20(25)26)7-13(31-34)19(23)24/h5-9,19-20H,4,10H2,1-3H3,(H,29,36)(H,30,35). The smallest absolute Gasteiger partial charge is 0.291 e. The largest absolute Gasteiger partial charge is 0.454 e. The molecule has 196 valence electrons. The number of furan rings is 1. The van der Waals surface area contributed by atoms with Crippen molar-refractivity contribution in [1.82, 2.24) is 29.3 Å². The van der Waals surface area contributed by atoms with Crippen LogP contribution in [0, 0.1) is 6.92 Å². The first-order chi connectivity index (χ1) is 17.6. The number of aryl methyl sites for hydroxylation is 2. The summed E-state index contributed by atoms with van der Waals surface area (Å²) in [5, 5.41) is 17.0. The predicted molar refractivity (Wildman–Crippen MR) is 122 cm³/mol. The van der Waals surface area contributed by atoms with Crippen molar-refractivity contribution in [2.24, 2.45) is 7.05 Å². The van der Waals surface area contributed by atoms with Gasteiger partial charge >= 0.3 is 0 Å². The van der Waals surface area contributed by atoms with Gasteiger partial charge in [-0.05, 0) is 32.0 Å². The summed E-state index contributed by atoms with van der Waals surface area (Å²) in [5.41, 5.74) is -0.0937. The Morgan fingerprint density at radius 2 is 1.70 bits per heavy atom. The highest BCUT2D eigenvalue weighted by atomic mass is 19.3. The van der Waals surface area contributed by atoms with Crippen LogP contribution in [-0.2, 0) is 20.1 Å². The van der Waals surface area contributed by atoms with Crippen LogP contribution in [-0.4, -0.2) is 41.2 Å². The summed E-state index contributed by atoms with van der Waals surface area (Å²) in [4.78, 5) is 25.8. The maximum atomic E-state index is 13.2. The normalized spacial score (nSPS) is 11.5. The van der Waals surface area contributed by atoms with Crippen LogP contribution in [0.25, 0.3) is 0 Å². The molecule has 11 nitrogen and oxygen atoms in total. The van der Waals surface area contributed by atoms with Crippen LogP contribution in [0.3, 0.4) is 0 Å². The summed E-state index contributed by atoms with van der Waals surface area (Å²) < 4.78 is 61.4. The molecular weight excluding hydrogens is 500 g/mol. The van der Waals surface area contributed by atoms with E-state index in [0.29, 0.717) is 23.0 Å². The molecule has 0 atom stereocenters. The number of hydrogen-bond donors (Lipinski definition) is 2. The zero-order chi connectivity index (χ0) is 26.9. The lowest BCUT2D eigenvalue weighted by molar-refractivity contribution is 0.0994. The van der Waals surface area contributed by atoms with Gasteiger partial charge in [0.25, 0.3) is 24.7 Å². The monoisotopic (exact) mass is 522 g/mol. The van der Waals surface area contributed by atoms with E-state index in [-0.39, 0.29) is 22.9 Å². The van der Waals surface area contributed by atoms with E-state index in [4.69, 9.17) is 4.42 Å². The molecule has 0 aliphatic rings. The number of aromatic nitrogens is 6. The summed E-state index contributed by atoms with van der Waals surface area (Å²) in [6.45, 7) is 3.49. The van der Waals surface area contributed by atoms with Gasteiger partial charge in [-0.2, -0.15) is 15.3 Å². The van der Waals surface area contributed by atoms with Crippen molar-refractivity contribution in [2.75, 3.05) is 10.6 Å². The zero-order valence-corrected chi connectivity index (χ0v) is 19.9. The molecule has 0 aliphatic heterocycles. The first-order valence-corrected chi connectivity index (χ1v) is 11.0. The van der Waals surface area contributed by atoms with Gasteiger partial charge in [-0.25, -0.2) is 17.6 Å². The molecule has 0 radical (unpaired) electrons. The number of hydrogen-bond acceptors (Lipinski definition) is 6. The number of carbonyl (C=O) groups excluding carboxylic acids is 2. The van der Waals surface area contributed by atoms with Gasteiger partial charge in [-0.1, -0.05) is 0 Å². The molecule has 0 saturated heterocycles. The molecule has 37 heavy (non-hydrogen) atoms. The number of carbonyl (C=O) groups is 2. The number of amides is 2. The molecule has 0 unspecified atom stereocenters. The Morgan fingerprint density at radius 1 is 1.00 bits per heavy atom. The van der Waals surface area contributed by atoms with E-state index in [1.165, 1.54) is 29.2 Å². The molecule has 2 amide bonds. The topological polar surface area (TPSA) is 125 Å². The van der Waals surface area contributed by atoms with E-state index in [0.717, 1.165) is 5.69 Å². The Balaban J connectivity index is 1.51. The average Bonchev–Trinajstić information content (AvgIpc) is 3.63. The summed E-state index contributed by atoms with van der Waals surface area (Å²) in [7, 11) is 1.73. The minimum atomic E-state index is -3.03. The summed E-state index contributed by atoms with van der Waals surface area (Å²) in [5.74, 6) is -1.44. The molecule has 0 fully saturated rings. The van der Waals surface area contributed by atoms with Gasteiger partial charge in [-0.15, -0.1) is 0 Å². The highest BCUT2D eigenvalue weighted by molar-refractivity contribution is 6.11. The number of nitrogens with zero attached hydrogens (tertiary/aromatic N) is 6. The molecule has 0 aromatic carbocycles. The van der Waals surface area contributed by atoms with Crippen LogP contribution in [0.4, 0.5) is 28.9 Å². The van der Waals surface area contributed by atoms with Crippen molar-refractivity contribution in [3.63, 3.8) is 0 Å². The lowest BCUT2D eigenvalue weighted by Gasteiger charge is -2.09. The lowest BCUT2D eigenvalue weighted by Crippen LogP contribution is -2.21. The molecular formula is C22H22F4N8O3. The minimum Gasteiger partial charge on any atom is -0.454 e. The Bertz CT molecular complexity index is 1440. The van der Waals surface area contributed by atoms with Crippen LogP contribution in [0.15, 0.2) is 35.0 Å². The fourth-order valence-corrected chi connectivity index (χ4v) is 3.54. The van der Waals surface area contributed by atoms with Gasteiger partial charge in [0, 0.05) is 13.6 Å². The van der Waals surface area contributed by atoms with Gasteiger partial charge in [-0.3, -0.25) is 23.6 Å². The van der Waals surface area contributed by atoms with Crippen molar-refractivity contribution in [1.29, 1.82) is 0 Å². The first-order valence-electron chi connectivity index (χ1n) is 11.0. The van der Waals surface area contributed by atoms with Crippen molar-refractivity contribution in [3.8, 4) is 0 Å². The third kappa shape index (κ3) is 5.24. The Labute approximate surface area is 207 Å². The molecule has 0 spiro atoms. The minimum absolute atomic E-state index is 0.0326. The second kappa shape index (κ2) is 10.3. The number of halogens is 4. The van der Waals surface area contributed by atoms with Gasteiger partial charge in [0.05, 0.1) is 36.0 Å². The SMILES string of the molecule is CCn1ncc(NC(=O)c2ccc(Cn3nc(C(F)F)cc3C(F)F)o2)c1C(=O)Nc1cnn(C)c1C. The Kier molecular flexibility index (Phi) is 7.13. The number of nitrogens with one attached hydrogen (secondary N) is 2. The number of alkyl halides is 4. The highest BCUT2D eigenvalue weighted by Gasteiger charge is 2.24. The van der Waals surface area contributed by atoms with Crippen molar-refractivity contribution >= 4 is 23.2 Å². The maximum Gasteiger partial charge on any atom is 0.291 e. The van der Waals surface area contributed by atoms with E-state index in [9.17, 15) is 27.2 Å². The Hall–Kier alpha value is -4.43. The fraction of sp³-hybridized carbons (Fsp3) is 0.318. The van der Waals surface area contributed by atoms with Crippen LogP contribution >= 0.6 is 0 Å². The third-order valence-electron chi connectivity index (χ3n) is 5.55. The number of rotatable bonds is 9.